The fourth-order valence-electron chi connectivity index (χ4n) is 10.5. The average Bonchev–Trinajstić information content (AvgIpc) is 3.33. The van der Waals surface area contributed by atoms with Crippen LogP contribution in [0.15, 0.2) is 11.6 Å². The van der Waals surface area contributed by atoms with Crippen molar-refractivity contribution in [3.05, 3.63) is 11.6 Å². The van der Waals surface area contributed by atoms with E-state index in [4.69, 9.17) is 23.7 Å². The number of hydrogen-bond donors (Lipinski definition) is 6. The average molecular weight is 1070 g/mol. The lowest BCUT2D eigenvalue weighted by molar-refractivity contribution is -0.375. The summed E-state index contributed by atoms with van der Waals surface area (Å²) in [4.78, 5) is 27.4. The number of hydrogen-bond acceptors (Lipinski definition) is 15. The van der Waals surface area contributed by atoms with Crippen molar-refractivity contribution in [3.8, 4) is 0 Å². The van der Waals surface area contributed by atoms with E-state index in [1.165, 1.54) is 148 Å². The van der Waals surface area contributed by atoms with E-state index < -0.39 is 97.0 Å². The van der Waals surface area contributed by atoms with E-state index in [1.807, 2.05) is 6.92 Å². The second-order valence-corrected chi connectivity index (χ2v) is 22.8. The highest BCUT2D eigenvalue weighted by atomic mass is 32.3. The summed E-state index contributed by atoms with van der Waals surface area (Å²) >= 11 is 0. The molecule has 10 unspecified atom stereocenters. The van der Waals surface area contributed by atoms with Gasteiger partial charge in [-0.2, -0.15) is 8.42 Å². The maximum Gasteiger partial charge on any atom is 0.397 e. The van der Waals surface area contributed by atoms with Crippen molar-refractivity contribution in [2.24, 2.45) is 17.8 Å². The Morgan fingerprint density at radius 2 is 0.973 bits per heavy atom. The van der Waals surface area contributed by atoms with E-state index >= 15 is 0 Å². The number of unbranched alkanes of at least 4 members (excludes halogenated alkanes) is 25. The molecule has 0 bridgehead atoms. The fraction of sp³-hybridized carbons (Fsp3) is 0.929. The molecule has 0 amide bonds. The number of allylic oxidation sites excluding steroid dienone is 1. The minimum Gasteiger partial charge on any atom is -0.453 e. The Hall–Kier alpha value is -1.77. The third-order valence-electron chi connectivity index (χ3n) is 14.6. The Balaban J connectivity index is 2.05. The van der Waals surface area contributed by atoms with E-state index in [2.05, 4.69) is 31.9 Å². The highest BCUT2D eigenvalue weighted by Gasteiger charge is 2.54. The molecule has 0 aromatic carbocycles. The molecule has 0 saturated carbocycles. The summed E-state index contributed by atoms with van der Waals surface area (Å²) in [5.74, 6) is -0.616. The summed E-state index contributed by atoms with van der Waals surface area (Å²) in [6, 6.07) is 0. The molecule has 430 valence electrons. The maximum atomic E-state index is 13.8. The Morgan fingerprint density at radius 1 is 0.548 bits per heavy atom. The van der Waals surface area contributed by atoms with E-state index in [0.717, 1.165) is 38.5 Å². The molecule has 0 radical (unpaired) electrons. The third-order valence-corrected chi connectivity index (χ3v) is 15.1. The van der Waals surface area contributed by atoms with E-state index in [0.29, 0.717) is 18.3 Å². The maximum absolute atomic E-state index is 13.8. The van der Waals surface area contributed by atoms with Crippen LogP contribution in [0.1, 0.15) is 241 Å². The van der Waals surface area contributed by atoms with Gasteiger partial charge in [-0.3, -0.25) is 9.35 Å². The van der Waals surface area contributed by atoms with Crippen molar-refractivity contribution in [3.63, 3.8) is 0 Å². The predicted octanol–water partition coefficient (Wildman–Crippen LogP) is 10.5. The molecule has 13 atom stereocenters. The van der Waals surface area contributed by atoms with E-state index in [1.54, 1.807) is 13.0 Å². The van der Waals surface area contributed by atoms with Crippen LogP contribution in [0.4, 0.5) is 0 Å². The number of carbonyl (C=O) groups is 2. The molecule has 0 aromatic heterocycles. The first-order valence-corrected chi connectivity index (χ1v) is 30.3. The van der Waals surface area contributed by atoms with Gasteiger partial charge in [0.15, 0.2) is 18.5 Å². The zero-order valence-electron chi connectivity index (χ0n) is 46.1. The first kappa shape index (κ1) is 67.3. The molecule has 2 aliphatic rings. The summed E-state index contributed by atoms with van der Waals surface area (Å²) in [6.07, 6.45) is 19.6. The third kappa shape index (κ3) is 29.0. The summed E-state index contributed by atoms with van der Waals surface area (Å²) in [5.41, 5.74) is 0.236. The largest absolute Gasteiger partial charge is 0.453 e. The van der Waals surface area contributed by atoms with Crippen molar-refractivity contribution in [2.45, 2.75) is 302 Å². The van der Waals surface area contributed by atoms with Crippen molar-refractivity contribution in [2.75, 3.05) is 13.2 Å². The van der Waals surface area contributed by atoms with Gasteiger partial charge in [0.05, 0.1) is 13.2 Å². The topological polar surface area (TPSA) is 245 Å². The molecule has 0 spiro atoms. The Kier molecular flexibility index (Phi) is 36.5. The van der Waals surface area contributed by atoms with Crippen molar-refractivity contribution in [1.82, 2.24) is 0 Å². The van der Waals surface area contributed by atoms with Gasteiger partial charge < -0.3 is 49.2 Å². The van der Waals surface area contributed by atoms with Crippen LogP contribution in [0.3, 0.4) is 0 Å². The molecule has 0 aliphatic carbocycles. The number of aliphatic hydroxyl groups is 5. The van der Waals surface area contributed by atoms with Gasteiger partial charge in [-0.15, -0.1) is 0 Å². The van der Waals surface area contributed by atoms with Gasteiger partial charge in [0.2, 0.25) is 6.29 Å². The zero-order valence-corrected chi connectivity index (χ0v) is 46.9. The van der Waals surface area contributed by atoms with Crippen molar-refractivity contribution < 1.29 is 76.0 Å². The summed E-state index contributed by atoms with van der Waals surface area (Å²) < 4.78 is 66.2. The minimum absolute atomic E-state index is 0.0108. The minimum atomic E-state index is -5.25. The second kappa shape index (κ2) is 39.6. The lowest BCUT2D eigenvalue weighted by Crippen LogP contribution is -2.65. The second-order valence-electron chi connectivity index (χ2n) is 21.8. The molecule has 2 saturated heterocycles. The Bertz CT molecular complexity index is 1560. The van der Waals surface area contributed by atoms with Crippen molar-refractivity contribution in [1.29, 1.82) is 0 Å². The number of rotatable bonds is 43. The number of ether oxygens (including phenoxy) is 5. The number of esters is 2. The Labute approximate surface area is 441 Å². The highest BCUT2D eigenvalue weighted by molar-refractivity contribution is 7.80. The summed E-state index contributed by atoms with van der Waals surface area (Å²) in [7, 11) is -5.25. The molecule has 2 rings (SSSR count). The van der Waals surface area contributed by atoms with Crippen LogP contribution in [0.25, 0.3) is 0 Å². The monoisotopic (exact) mass is 1060 g/mol. The van der Waals surface area contributed by atoms with E-state index in [9.17, 15) is 48.1 Å². The molecule has 0 aromatic rings. The van der Waals surface area contributed by atoms with Crippen LogP contribution in [0.2, 0.25) is 0 Å². The highest BCUT2D eigenvalue weighted by Crippen LogP contribution is 2.33. The van der Waals surface area contributed by atoms with Gasteiger partial charge in [-0.1, -0.05) is 214 Å². The van der Waals surface area contributed by atoms with Gasteiger partial charge in [-0.05, 0) is 43.9 Å². The number of aliphatic hydroxyl groups excluding tert-OH is 5. The molecule has 73 heavy (non-hydrogen) atoms. The summed E-state index contributed by atoms with van der Waals surface area (Å²) in [6.45, 7) is 10.9. The Morgan fingerprint density at radius 3 is 1.42 bits per heavy atom. The van der Waals surface area contributed by atoms with Gasteiger partial charge in [0.1, 0.15) is 36.6 Å². The number of carbonyl (C=O) groups excluding carboxylic acids is 2. The lowest BCUT2D eigenvalue weighted by Gasteiger charge is -2.46. The first-order valence-electron chi connectivity index (χ1n) is 28.9. The SMILES string of the molecule is CCCCCCCCCCCCCCCC[C@H](C)C[C@H](C)C[C@H](C)/C=C(\C)C(=O)OC1C(O)C(CO)OC(OC2OC(CO)C(O)C(OS(=O)(=O)O)C2O)C1OC(=O)CCCCCCCCCCCCCCC. The van der Waals surface area contributed by atoms with Crippen LogP contribution in [0.5, 0.6) is 0 Å². The molecule has 2 aliphatic heterocycles. The van der Waals surface area contributed by atoms with Gasteiger partial charge >= 0.3 is 22.3 Å². The lowest BCUT2D eigenvalue weighted by atomic mass is 9.86. The van der Waals surface area contributed by atoms with Gasteiger partial charge in [-0.25, -0.2) is 8.98 Å². The van der Waals surface area contributed by atoms with Gasteiger partial charge in [0, 0.05) is 12.0 Å². The van der Waals surface area contributed by atoms with Gasteiger partial charge in [0.25, 0.3) is 0 Å². The quantitative estimate of drug-likeness (QED) is 0.0144. The fourth-order valence-corrected chi connectivity index (χ4v) is 11.0. The molecule has 6 N–H and O–H groups in total. The molecule has 17 heteroatoms. The molecule has 2 fully saturated rings. The first-order chi connectivity index (χ1) is 35.0. The van der Waals surface area contributed by atoms with Crippen LogP contribution >= 0.6 is 0 Å². The standard InChI is InChI=1S/C56H104O16S/c1-7-9-11-13-15-17-19-21-23-24-26-28-30-32-34-41(3)36-42(4)37-43(5)38-44(6)54(63)70-52-49(61)46(40-58)68-56(71-55-50(62)51(72-73(64,65)66)48(60)45(39-57)67-55)53(52)69-47(59)35-33-31-29-27-25-22-20-18-16-14-12-10-8-2/h38,41-43,45-46,48-53,55-58,60-62H,7-37,39-40H2,1-6H3,(H,64,65,66)/b44-38+/t41-,42-,43-,45?,46?,48?,49?,50?,51?,52?,53?,55?,56?/m0/s1. The van der Waals surface area contributed by atoms with Crippen molar-refractivity contribution >= 4 is 22.3 Å². The molecular formula is C56H104O16S. The molecule has 16 nitrogen and oxygen atoms in total. The van der Waals surface area contributed by atoms with Crippen LogP contribution < -0.4 is 0 Å². The normalized spacial score (nSPS) is 26.1. The van der Waals surface area contributed by atoms with E-state index in [-0.39, 0.29) is 17.9 Å². The van der Waals surface area contributed by atoms with Crippen LogP contribution in [-0.2, 0) is 47.9 Å². The van der Waals surface area contributed by atoms with Crippen LogP contribution in [0, 0.1) is 17.8 Å². The smallest absolute Gasteiger partial charge is 0.397 e. The van der Waals surface area contributed by atoms with Crippen LogP contribution in [-0.4, -0.2) is 125 Å². The summed E-state index contributed by atoms with van der Waals surface area (Å²) in [5, 5.41) is 53.4. The molecule has 2 heterocycles. The zero-order chi connectivity index (χ0) is 54.0. The molecular weight excluding hydrogens is 961 g/mol. The predicted molar refractivity (Wildman–Crippen MR) is 283 cm³/mol.